The first-order valence-electron chi connectivity index (χ1n) is 9.49. The number of phenols is 1. The lowest BCUT2D eigenvalue weighted by Crippen LogP contribution is -2.12. The minimum atomic E-state index is -0.367. The second kappa shape index (κ2) is 12.0. The van der Waals surface area contributed by atoms with Gasteiger partial charge in [0.15, 0.2) is 6.61 Å². The van der Waals surface area contributed by atoms with Gasteiger partial charge in [0.05, 0.1) is 7.11 Å². The smallest absolute Gasteiger partial charge is 0.343 e. The van der Waals surface area contributed by atoms with Crippen LogP contribution in [0.15, 0.2) is 48.5 Å². The molecule has 0 spiro atoms. The minimum absolute atomic E-state index is 0.0412. The maximum absolute atomic E-state index is 10.9. The van der Waals surface area contributed by atoms with Gasteiger partial charge in [0.1, 0.15) is 11.5 Å². The molecule has 1 N–H and O–H groups in total. The Morgan fingerprint density at radius 3 is 2.04 bits per heavy atom. The Labute approximate surface area is 163 Å². The monoisotopic (exact) mass is 372 g/mol. The number of phenolic OH excluding ortho intramolecular Hbond substituents is 1. The van der Waals surface area contributed by atoms with Crippen LogP contribution in [-0.4, -0.2) is 24.8 Å². The quantitative estimate of drug-likeness (QED) is 0.637. The van der Waals surface area contributed by atoms with Gasteiger partial charge in [0.2, 0.25) is 0 Å². The van der Waals surface area contributed by atoms with E-state index in [0.29, 0.717) is 23.3 Å². The predicted molar refractivity (Wildman–Crippen MR) is 109 cm³/mol. The zero-order valence-corrected chi connectivity index (χ0v) is 17.1. The van der Waals surface area contributed by atoms with E-state index in [0.717, 1.165) is 12.8 Å². The van der Waals surface area contributed by atoms with Crippen molar-refractivity contribution < 1.29 is 19.4 Å². The Balaban J connectivity index is 0.000000289. The molecule has 2 aromatic carbocycles. The number of carbonyl (C=O) groups excluding carboxylic acids is 1. The summed E-state index contributed by atoms with van der Waals surface area (Å²) in [6.07, 6.45) is 2.20. The normalized spacial score (nSPS) is 12.3. The summed E-state index contributed by atoms with van der Waals surface area (Å²) in [7, 11) is 1.35. The second-order valence-electron chi connectivity index (χ2n) is 6.65. The predicted octanol–water partition coefficient (Wildman–Crippen LogP) is 5.66. The molecule has 0 bridgehead atoms. The molecule has 4 nitrogen and oxygen atoms in total. The van der Waals surface area contributed by atoms with E-state index in [2.05, 4.69) is 38.5 Å². The van der Waals surface area contributed by atoms with E-state index >= 15 is 0 Å². The van der Waals surface area contributed by atoms with Crippen LogP contribution in [0.1, 0.15) is 63.5 Å². The Kier molecular flexibility index (Phi) is 10.0. The van der Waals surface area contributed by atoms with Gasteiger partial charge in [-0.2, -0.15) is 0 Å². The summed E-state index contributed by atoms with van der Waals surface area (Å²) in [6.45, 7) is 8.58. The van der Waals surface area contributed by atoms with Crippen LogP contribution >= 0.6 is 0 Å². The topological polar surface area (TPSA) is 55.8 Å². The van der Waals surface area contributed by atoms with E-state index in [1.54, 1.807) is 6.07 Å². The lowest BCUT2D eigenvalue weighted by atomic mass is 9.99. The fourth-order valence-electron chi connectivity index (χ4n) is 2.41. The number of aromatic hydroxyl groups is 1. The average Bonchev–Trinajstić information content (AvgIpc) is 2.71. The molecule has 0 saturated heterocycles. The Hall–Kier alpha value is -2.49. The van der Waals surface area contributed by atoms with Crippen LogP contribution in [0, 0.1) is 0 Å². The summed E-state index contributed by atoms with van der Waals surface area (Å²) in [4.78, 5) is 10.9. The number of benzene rings is 2. The summed E-state index contributed by atoms with van der Waals surface area (Å²) in [6, 6.07) is 15.3. The van der Waals surface area contributed by atoms with Gasteiger partial charge in [0, 0.05) is 0 Å². The van der Waals surface area contributed by atoms with E-state index in [1.807, 2.05) is 36.4 Å². The third-order valence-electron chi connectivity index (χ3n) is 4.68. The molecule has 148 valence electrons. The Bertz CT molecular complexity index is 696. The minimum Gasteiger partial charge on any atom is -0.508 e. The molecule has 0 radical (unpaired) electrons. The first-order chi connectivity index (χ1) is 12.9. The lowest BCUT2D eigenvalue weighted by molar-refractivity contribution is -0.142. The standard InChI is InChI=1S/C13H18O3.C10H14O/c1-4-10(2)11-6-5-7-12(8-11)16-9-13(14)15-3;1-3-8(2)9-5-4-6-10(11)7-9/h5-8,10H,4,9H2,1-3H3;4-8,11H,3H2,1-2H3. The van der Waals surface area contributed by atoms with Gasteiger partial charge in [-0.25, -0.2) is 4.79 Å². The molecule has 0 amide bonds. The van der Waals surface area contributed by atoms with Crippen molar-refractivity contribution in [2.45, 2.75) is 52.4 Å². The lowest BCUT2D eigenvalue weighted by Gasteiger charge is -2.11. The van der Waals surface area contributed by atoms with Crippen LogP contribution in [0.3, 0.4) is 0 Å². The highest BCUT2D eigenvalue weighted by Gasteiger charge is 2.06. The summed E-state index contributed by atoms with van der Waals surface area (Å²) >= 11 is 0. The van der Waals surface area contributed by atoms with Gasteiger partial charge in [-0.15, -0.1) is 0 Å². The van der Waals surface area contributed by atoms with Gasteiger partial charge in [-0.05, 0) is 60.1 Å². The van der Waals surface area contributed by atoms with Crippen molar-refractivity contribution in [1.29, 1.82) is 0 Å². The first kappa shape index (κ1) is 22.6. The highest BCUT2D eigenvalue weighted by atomic mass is 16.6. The number of rotatable bonds is 7. The fraction of sp³-hybridized carbons (Fsp3) is 0.435. The van der Waals surface area contributed by atoms with E-state index in [-0.39, 0.29) is 12.6 Å². The molecule has 0 saturated carbocycles. The molecule has 0 aliphatic rings. The van der Waals surface area contributed by atoms with Crippen molar-refractivity contribution in [2.24, 2.45) is 0 Å². The summed E-state index contributed by atoms with van der Waals surface area (Å²) in [5, 5.41) is 9.16. The van der Waals surface area contributed by atoms with Crippen molar-refractivity contribution in [2.75, 3.05) is 13.7 Å². The highest BCUT2D eigenvalue weighted by molar-refractivity contribution is 5.70. The van der Waals surface area contributed by atoms with Crippen molar-refractivity contribution in [3.8, 4) is 11.5 Å². The van der Waals surface area contributed by atoms with Gasteiger partial charge in [-0.3, -0.25) is 0 Å². The third kappa shape index (κ3) is 8.16. The molecule has 2 rings (SSSR count). The average molecular weight is 373 g/mol. The molecular weight excluding hydrogens is 340 g/mol. The summed E-state index contributed by atoms with van der Waals surface area (Å²) in [5.74, 6) is 1.75. The summed E-state index contributed by atoms with van der Waals surface area (Å²) < 4.78 is 9.83. The van der Waals surface area contributed by atoms with Crippen molar-refractivity contribution in [3.05, 3.63) is 59.7 Å². The van der Waals surface area contributed by atoms with E-state index in [1.165, 1.54) is 18.2 Å². The summed E-state index contributed by atoms with van der Waals surface area (Å²) in [5.41, 5.74) is 2.44. The Morgan fingerprint density at radius 2 is 1.52 bits per heavy atom. The Morgan fingerprint density at radius 1 is 0.963 bits per heavy atom. The number of methoxy groups -OCH3 is 1. The van der Waals surface area contributed by atoms with E-state index < -0.39 is 0 Å². The molecule has 4 heteroatoms. The van der Waals surface area contributed by atoms with E-state index in [9.17, 15) is 4.79 Å². The van der Waals surface area contributed by atoms with Gasteiger partial charge >= 0.3 is 5.97 Å². The number of carbonyl (C=O) groups is 1. The van der Waals surface area contributed by atoms with Crippen LogP contribution in [0.4, 0.5) is 0 Å². The van der Waals surface area contributed by atoms with Crippen LogP contribution in [0.25, 0.3) is 0 Å². The number of esters is 1. The van der Waals surface area contributed by atoms with Crippen molar-refractivity contribution >= 4 is 5.97 Å². The molecule has 0 aromatic heterocycles. The van der Waals surface area contributed by atoms with Gasteiger partial charge < -0.3 is 14.6 Å². The maximum atomic E-state index is 10.9. The molecule has 0 fully saturated rings. The van der Waals surface area contributed by atoms with Crippen LogP contribution in [0.5, 0.6) is 11.5 Å². The molecule has 2 unspecified atom stereocenters. The van der Waals surface area contributed by atoms with Crippen LogP contribution < -0.4 is 4.74 Å². The number of ether oxygens (including phenoxy) is 2. The largest absolute Gasteiger partial charge is 0.508 e. The first-order valence-corrected chi connectivity index (χ1v) is 9.49. The molecule has 0 aliphatic heterocycles. The molecule has 27 heavy (non-hydrogen) atoms. The maximum Gasteiger partial charge on any atom is 0.343 e. The molecule has 2 aromatic rings. The van der Waals surface area contributed by atoms with Crippen molar-refractivity contribution in [3.63, 3.8) is 0 Å². The SMILES string of the molecule is CCC(C)c1cccc(O)c1.CCC(C)c1cccc(OCC(=O)OC)c1. The third-order valence-corrected chi connectivity index (χ3v) is 4.68. The fourth-order valence-corrected chi connectivity index (χ4v) is 2.41. The number of hydrogen-bond acceptors (Lipinski definition) is 4. The zero-order chi connectivity index (χ0) is 20.2. The highest BCUT2D eigenvalue weighted by Crippen LogP contribution is 2.23. The van der Waals surface area contributed by atoms with Gasteiger partial charge in [0.25, 0.3) is 0 Å². The second-order valence-corrected chi connectivity index (χ2v) is 6.65. The molecule has 2 atom stereocenters. The number of hydrogen-bond donors (Lipinski definition) is 1. The van der Waals surface area contributed by atoms with Crippen LogP contribution in [-0.2, 0) is 9.53 Å². The zero-order valence-electron chi connectivity index (χ0n) is 17.1. The molecule has 0 heterocycles. The van der Waals surface area contributed by atoms with Crippen molar-refractivity contribution in [1.82, 2.24) is 0 Å². The van der Waals surface area contributed by atoms with Gasteiger partial charge in [-0.1, -0.05) is 52.0 Å². The molecule has 0 aliphatic carbocycles. The van der Waals surface area contributed by atoms with Crippen LogP contribution in [0.2, 0.25) is 0 Å². The van der Waals surface area contributed by atoms with E-state index in [4.69, 9.17) is 9.84 Å². The molecular formula is C23H32O4.